The third kappa shape index (κ3) is 5.19. The van der Waals surface area contributed by atoms with E-state index in [0.717, 1.165) is 89.4 Å². The molecular formula is C50H36N4. The largest absolute Gasteiger partial charge is 0.357 e. The molecule has 2 aliphatic rings. The average Bonchev–Trinajstić information content (AvgIpc) is 4.08. The maximum atomic E-state index is 5.44. The van der Waals surface area contributed by atoms with Crippen LogP contribution >= 0.6 is 0 Å². The molecule has 0 spiro atoms. The van der Waals surface area contributed by atoms with Crippen LogP contribution in [-0.2, 0) is 5.41 Å². The highest BCUT2D eigenvalue weighted by molar-refractivity contribution is 6.30. The molecule has 0 amide bonds. The maximum absolute atomic E-state index is 5.44. The van der Waals surface area contributed by atoms with E-state index in [1.165, 1.54) is 0 Å². The summed E-state index contributed by atoms with van der Waals surface area (Å²) in [6, 6.07) is 66.8. The van der Waals surface area contributed by atoms with Gasteiger partial charge in [-0.3, -0.25) is 0 Å². The minimum absolute atomic E-state index is 0.709. The van der Waals surface area contributed by atoms with Crippen LogP contribution in [0, 0.1) is 0 Å². The second-order valence-corrected chi connectivity index (χ2v) is 13.8. The first-order valence-corrected chi connectivity index (χ1v) is 18.4. The van der Waals surface area contributed by atoms with Gasteiger partial charge in [-0.25, -0.2) is 4.99 Å². The summed E-state index contributed by atoms with van der Waals surface area (Å²) in [6.07, 6.45) is 4.31. The van der Waals surface area contributed by atoms with Crippen molar-refractivity contribution < 1.29 is 0 Å². The maximum Gasteiger partial charge on any atom is 0.100 e. The van der Waals surface area contributed by atoms with Crippen LogP contribution < -0.4 is 10.7 Å². The van der Waals surface area contributed by atoms with Crippen LogP contribution in [0.4, 0.5) is 0 Å². The zero-order valence-electron chi connectivity index (χ0n) is 29.5. The predicted molar refractivity (Wildman–Crippen MR) is 220 cm³/mol. The molecule has 3 N–H and O–H groups in total. The summed E-state index contributed by atoms with van der Waals surface area (Å²) in [6.45, 7) is 0. The minimum Gasteiger partial charge on any atom is -0.357 e. The molecule has 3 aromatic heterocycles. The minimum atomic E-state index is -0.709. The zero-order valence-corrected chi connectivity index (χ0v) is 29.5. The van der Waals surface area contributed by atoms with E-state index in [0.29, 0.717) is 0 Å². The Kier molecular flexibility index (Phi) is 7.66. The molecule has 0 atom stereocenters. The van der Waals surface area contributed by atoms with Crippen LogP contribution in [0.1, 0.15) is 50.6 Å². The van der Waals surface area contributed by atoms with Gasteiger partial charge in [-0.2, -0.15) is 0 Å². The number of allylic oxidation sites excluding steroid dienone is 2. The van der Waals surface area contributed by atoms with Crippen LogP contribution in [0.5, 0.6) is 0 Å². The van der Waals surface area contributed by atoms with Crippen molar-refractivity contribution in [1.29, 1.82) is 0 Å². The van der Waals surface area contributed by atoms with E-state index < -0.39 is 5.41 Å². The standard InChI is InChI=1S/C50H36N4/c1-6-16-34(17-7-1)47-39-26-28-41(51-39)48(35-18-8-2-9-19-35)43-30-32-45(53-43)50(37-22-12-4-13-23-37,38-24-14-5-15-25-38)46-33-31-44(54-46)49(36-20-10-3-11-21-36)42-29-27-40(47)52-42/h1-33,51,53-54H/b47-39-,48-41-,49-42-. The number of aliphatic imine (C=N–C) groups is 1. The number of aromatic nitrogens is 3. The van der Waals surface area contributed by atoms with Crippen molar-refractivity contribution in [3.05, 3.63) is 267 Å². The molecular weight excluding hydrogens is 657 g/mol. The van der Waals surface area contributed by atoms with E-state index in [4.69, 9.17) is 4.99 Å². The van der Waals surface area contributed by atoms with Gasteiger partial charge in [0.25, 0.3) is 0 Å². The molecule has 0 aliphatic carbocycles. The molecule has 2 aliphatic heterocycles. The molecule has 0 fully saturated rings. The molecule has 4 nitrogen and oxygen atoms in total. The van der Waals surface area contributed by atoms with Gasteiger partial charge in [0.15, 0.2) is 0 Å². The van der Waals surface area contributed by atoms with Crippen LogP contribution in [0.15, 0.2) is 211 Å². The van der Waals surface area contributed by atoms with Gasteiger partial charge in [0.1, 0.15) is 5.41 Å². The highest BCUT2D eigenvalue weighted by Crippen LogP contribution is 2.45. The first-order chi connectivity index (χ1) is 26.8. The van der Waals surface area contributed by atoms with Gasteiger partial charge < -0.3 is 15.0 Å². The number of rotatable bonds is 5. The molecule has 5 aromatic carbocycles. The van der Waals surface area contributed by atoms with Gasteiger partial charge in [0.2, 0.25) is 0 Å². The molecule has 5 heterocycles. The lowest BCUT2D eigenvalue weighted by Gasteiger charge is -2.34. The van der Waals surface area contributed by atoms with Crippen molar-refractivity contribution in [2.24, 2.45) is 4.99 Å². The Morgan fingerprint density at radius 3 is 1.30 bits per heavy atom. The van der Waals surface area contributed by atoms with Gasteiger partial charge in [-0.05, 0) is 76.4 Å². The molecule has 10 rings (SSSR count). The SMILES string of the molecule is C1=C/C2=C(\c3ccccc3)c3ccc([nH]3)C(c3ccccc3)(c3ccccc3)c3ccc([nH]3)/C(c3ccccc3)=c3/cc/c([nH]3)=C(\c3ccccc3)C1=N2. The number of hydrogen-bond acceptors (Lipinski definition) is 1. The van der Waals surface area contributed by atoms with E-state index in [1.807, 2.05) is 0 Å². The summed E-state index contributed by atoms with van der Waals surface area (Å²) in [4.78, 5) is 17.3. The molecule has 8 aromatic rings. The van der Waals surface area contributed by atoms with Gasteiger partial charge in [-0.15, -0.1) is 0 Å². The zero-order chi connectivity index (χ0) is 35.9. The smallest absolute Gasteiger partial charge is 0.100 e. The number of H-pyrrole nitrogens is 3. The summed E-state index contributed by atoms with van der Waals surface area (Å²) < 4.78 is 0. The summed E-state index contributed by atoms with van der Waals surface area (Å²) in [5, 5.41) is 2.01. The van der Waals surface area contributed by atoms with Crippen molar-refractivity contribution >= 4 is 22.4 Å². The van der Waals surface area contributed by atoms with E-state index in [1.54, 1.807) is 0 Å². The van der Waals surface area contributed by atoms with Gasteiger partial charge in [0, 0.05) is 50.2 Å². The second-order valence-electron chi connectivity index (χ2n) is 13.8. The highest BCUT2D eigenvalue weighted by Gasteiger charge is 2.41. The third-order valence-electron chi connectivity index (χ3n) is 10.7. The molecule has 0 saturated heterocycles. The molecule has 0 radical (unpaired) electrons. The summed E-state index contributed by atoms with van der Waals surface area (Å²) in [5.74, 6) is 0. The Bertz CT molecular complexity index is 2790. The fraction of sp³-hybridized carbons (Fsp3) is 0.0200. The fourth-order valence-electron chi connectivity index (χ4n) is 8.31. The van der Waals surface area contributed by atoms with Crippen LogP contribution in [-0.4, -0.2) is 20.7 Å². The van der Waals surface area contributed by atoms with Crippen LogP contribution in [0.3, 0.4) is 0 Å². The van der Waals surface area contributed by atoms with Crippen molar-refractivity contribution in [2.45, 2.75) is 5.41 Å². The summed E-state index contributed by atoms with van der Waals surface area (Å²) in [7, 11) is 0. The Labute approximate surface area is 314 Å². The third-order valence-corrected chi connectivity index (χ3v) is 10.7. The number of nitrogens with zero attached hydrogens (tertiary/aromatic N) is 1. The lowest BCUT2D eigenvalue weighted by atomic mass is 9.69. The Hall–Kier alpha value is -7.17. The fourth-order valence-corrected chi connectivity index (χ4v) is 8.31. The van der Waals surface area contributed by atoms with Crippen molar-refractivity contribution in [3.8, 4) is 0 Å². The molecule has 54 heavy (non-hydrogen) atoms. The van der Waals surface area contributed by atoms with E-state index >= 15 is 0 Å². The molecule has 4 heteroatoms. The van der Waals surface area contributed by atoms with Crippen molar-refractivity contribution in [2.75, 3.05) is 0 Å². The van der Waals surface area contributed by atoms with E-state index in [2.05, 4.69) is 215 Å². The van der Waals surface area contributed by atoms with Crippen molar-refractivity contribution in [3.63, 3.8) is 0 Å². The molecule has 256 valence electrons. The lowest BCUT2D eigenvalue weighted by molar-refractivity contribution is 0.697. The van der Waals surface area contributed by atoms with Gasteiger partial charge in [0.05, 0.1) is 11.4 Å². The lowest BCUT2D eigenvalue weighted by Crippen LogP contribution is -2.32. The van der Waals surface area contributed by atoms with E-state index in [9.17, 15) is 0 Å². The number of aromatic amines is 3. The number of nitrogens with one attached hydrogen (secondary N) is 3. The summed E-state index contributed by atoms with van der Waals surface area (Å²) in [5.41, 5.74) is 14.0. The average molecular weight is 693 g/mol. The Morgan fingerprint density at radius 2 is 0.778 bits per heavy atom. The second kappa shape index (κ2) is 13.1. The summed E-state index contributed by atoms with van der Waals surface area (Å²) >= 11 is 0. The number of hydrogen-bond donors (Lipinski definition) is 3. The molecule has 8 bridgehead atoms. The normalized spacial score (nSPS) is 18.0. The number of fused-ring (bicyclic) bond motifs is 7. The number of benzene rings is 5. The quantitative estimate of drug-likeness (QED) is 0.161. The van der Waals surface area contributed by atoms with E-state index in [-0.39, 0.29) is 0 Å². The van der Waals surface area contributed by atoms with Crippen LogP contribution in [0.2, 0.25) is 0 Å². The predicted octanol–water partition coefficient (Wildman–Crippen LogP) is 9.28. The van der Waals surface area contributed by atoms with Crippen molar-refractivity contribution in [1.82, 2.24) is 15.0 Å². The van der Waals surface area contributed by atoms with Gasteiger partial charge >= 0.3 is 0 Å². The topological polar surface area (TPSA) is 59.7 Å². The first-order valence-electron chi connectivity index (χ1n) is 18.4. The monoisotopic (exact) mass is 692 g/mol. The van der Waals surface area contributed by atoms with Crippen LogP contribution in [0.25, 0.3) is 16.7 Å². The van der Waals surface area contributed by atoms with Gasteiger partial charge in [-0.1, -0.05) is 152 Å². The molecule has 0 saturated carbocycles. The Balaban J connectivity index is 1.38. The molecule has 0 unspecified atom stereocenters. The Morgan fingerprint density at radius 1 is 0.352 bits per heavy atom. The highest BCUT2D eigenvalue weighted by atomic mass is 14.8. The first kappa shape index (κ1) is 31.6.